The molecule has 1 aliphatic rings. The van der Waals surface area contributed by atoms with Gasteiger partial charge in [0.25, 0.3) is 11.5 Å². The Morgan fingerprint density at radius 3 is 3.00 bits per heavy atom. The molecule has 0 spiro atoms. The molecule has 1 aliphatic carbocycles. The van der Waals surface area contributed by atoms with E-state index in [9.17, 15) is 9.59 Å². The zero-order valence-corrected chi connectivity index (χ0v) is 12.3. The van der Waals surface area contributed by atoms with E-state index in [1.54, 1.807) is 12.3 Å². The van der Waals surface area contributed by atoms with Crippen LogP contribution < -0.4 is 15.6 Å². The molecule has 2 N–H and O–H groups in total. The monoisotopic (exact) mass is 299 g/mol. The van der Waals surface area contributed by atoms with E-state index in [0.29, 0.717) is 5.69 Å². The van der Waals surface area contributed by atoms with Crippen LogP contribution >= 0.6 is 0 Å². The largest absolute Gasteiger partial charge is 0.496 e. The fraction of sp³-hybridized carbons (Fsp3) is 0.312. The second-order valence-electron chi connectivity index (χ2n) is 5.24. The molecule has 2 heterocycles. The van der Waals surface area contributed by atoms with E-state index in [-0.39, 0.29) is 11.3 Å². The highest BCUT2D eigenvalue weighted by Gasteiger charge is 2.18. The summed E-state index contributed by atoms with van der Waals surface area (Å²) in [5.41, 5.74) is 2.33. The summed E-state index contributed by atoms with van der Waals surface area (Å²) < 4.78 is 5.08. The Hall–Kier alpha value is -2.63. The van der Waals surface area contributed by atoms with Crippen LogP contribution in [0.1, 0.15) is 34.5 Å². The van der Waals surface area contributed by atoms with E-state index >= 15 is 0 Å². The highest BCUT2D eigenvalue weighted by molar-refractivity contribution is 6.05. The minimum Gasteiger partial charge on any atom is -0.496 e. The molecule has 1 amide bonds. The molecule has 0 saturated heterocycles. The van der Waals surface area contributed by atoms with Crippen molar-refractivity contribution >= 4 is 11.6 Å². The third-order valence-electron chi connectivity index (χ3n) is 3.80. The van der Waals surface area contributed by atoms with Crippen LogP contribution in [0.15, 0.2) is 29.3 Å². The van der Waals surface area contributed by atoms with Crippen LogP contribution in [0.25, 0.3) is 0 Å². The van der Waals surface area contributed by atoms with E-state index < -0.39 is 11.5 Å². The first-order chi connectivity index (χ1) is 10.7. The Balaban J connectivity index is 1.87. The van der Waals surface area contributed by atoms with Crippen molar-refractivity contribution in [3.63, 3.8) is 0 Å². The number of pyridine rings is 2. The molecule has 0 aliphatic heterocycles. The molecule has 0 radical (unpaired) electrons. The number of nitrogens with zero attached hydrogens (tertiary/aromatic N) is 1. The lowest BCUT2D eigenvalue weighted by atomic mass is 9.96. The van der Waals surface area contributed by atoms with E-state index in [1.807, 2.05) is 6.07 Å². The number of hydrogen-bond acceptors (Lipinski definition) is 4. The van der Waals surface area contributed by atoms with Crippen molar-refractivity contribution in [2.75, 3.05) is 12.4 Å². The Morgan fingerprint density at radius 2 is 2.18 bits per heavy atom. The fourth-order valence-electron chi connectivity index (χ4n) is 2.70. The molecule has 2 aromatic heterocycles. The van der Waals surface area contributed by atoms with Gasteiger partial charge >= 0.3 is 0 Å². The van der Waals surface area contributed by atoms with Crippen LogP contribution in [0, 0.1) is 0 Å². The number of H-pyrrole nitrogens is 1. The molecule has 2 aromatic rings. The molecular formula is C16H17N3O3. The third kappa shape index (κ3) is 2.72. The van der Waals surface area contributed by atoms with Gasteiger partial charge in [0.1, 0.15) is 11.3 Å². The first kappa shape index (κ1) is 14.3. The highest BCUT2D eigenvalue weighted by atomic mass is 16.5. The zero-order chi connectivity index (χ0) is 15.5. The van der Waals surface area contributed by atoms with Gasteiger partial charge in [-0.2, -0.15) is 0 Å². The molecule has 0 bridgehead atoms. The topological polar surface area (TPSA) is 84.1 Å². The Kier molecular flexibility index (Phi) is 3.91. The van der Waals surface area contributed by atoms with E-state index in [0.717, 1.165) is 36.9 Å². The van der Waals surface area contributed by atoms with Crippen LogP contribution in [0.5, 0.6) is 5.75 Å². The lowest BCUT2D eigenvalue weighted by molar-refractivity contribution is 0.102. The molecule has 3 rings (SSSR count). The number of aromatic amines is 1. The standard InChI is InChI=1S/C16H17N3O3/c1-22-13-6-7-17-15(20)14(13)16(21)19-11-8-10-4-2-3-5-12(10)18-9-11/h6-9H,2-5H2,1H3,(H,17,20)(H,19,21). The van der Waals surface area contributed by atoms with Gasteiger partial charge in [0.05, 0.1) is 19.0 Å². The number of amides is 1. The molecule has 0 unspecified atom stereocenters. The van der Waals surface area contributed by atoms with Gasteiger partial charge in [-0.05, 0) is 43.4 Å². The average molecular weight is 299 g/mol. The number of aryl methyl sites for hydroxylation is 2. The van der Waals surface area contributed by atoms with Crippen molar-refractivity contribution in [1.29, 1.82) is 0 Å². The molecule has 6 nitrogen and oxygen atoms in total. The van der Waals surface area contributed by atoms with Crippen LogP contribution in [0.2, 0.25) is 0 Å². The predicted molar refractivity (Wildman–Crippen MR) is 82.4 cm³/mol. The zero-order valence-electron chi connectivity index (χ0n) is 12.3. The Labute approximate surface area is 127 Å². The summed E-state index contributed by atoms with van der Waals surface area (Å²) in [6, 6.07) is 3.48. The number of aromatic nitrogens is 2. The summed E-state index contributed by atoms with van der Waals surface area (Å²) >= 11 is 0. The normalized spacial score (nSPS) is 13.3. The molecule has 22 heavy (non-hydrogen) atoms. The van der Waals surface area contributed by atoms with Gasteiger partial charge in [-0.1, -0.05) is 0 Å². The van der Waals surface area contributed by atoms with Crippen molar-refractivity contribution in [1.82, 2.24) is 9.97 Å². The van der Waals surface area contributed by atoms with Crippen molar-refractivity contribution in [3.8, 4) is 5.75 Å². The maximum atomic E-state index is 12.3. The SMILES string of the molecule is COc1cc[nH]c(=O)c1C(=O)Nc1cnc2c(c1)CCCC2. The summed E-state index contributed by atoms with van der Waals surface area (Å²) in [5, 5.41) is 2.72. The lowest BCUT2D eigenvalue weighted by Gasteiger charge is -2.16. The van der Waals surface area contributed by atoms with Gasteiger partial charge in [-0.3, -0.25) is 14.6 Å². The number of carbonyl (C=O) groups is 1. The summed E-state index contributed by atoms with van der Waals surface area (Å²) in [6.45, 7) is 0. The number of carbonyl (C=O) groups excluding carboxylic acids is 1. The van der Waals surface area contributed by atoms with Gasteiger partial charge in [0.15, 0.2) is 0 Å². The second-order valence-corrected chi connectivity index (χ2v) is 5.24. The molecule has 6 heteroatoms. The number of methoxy groups -OCH3 is 1. The van der Waals surface area contributed by atoms with Crippen molar-refractivity contribution in [2.24, 2.45) is 0 Å². The minimum absolute atomic E-state index is 0.0391. The first-order valence-corrected chi connectivity index (χ1v) is 7.24. The van der Waals surface area contributed by atoms with Gasteiger partial charge in [-0.25, -0.2) is 0 Å². The van der Waals surface area contributed by atoms with Gasteiger partial charge in [0, 0.05) is 11.9 Å². The molecule has 0 aromatic carbocycles. The van der Waals surface area contributed by atoms with Crippen LogP contribution in [0.3, 0.4) is 0 Å². The highest BCUT2D eigenvalue weighted by Crippen LogP contribution is 2.22. The maximum Gasteiger partial charge on any atom is 0.265 e. The van der Waals surface area contributed by atoms with Crippen LogP contribution in [0.4, 0.5) is 5.69 Å². The molecule has 0 saturated carbocycles. The molecule has 0 atom stereocenters. The summed E-state index contributed by atoms with van der Waals surface area (Å²) in [7, 11) is 1.42. The summed E-state index contributed by atoms with van der Waals surface area (Å²) in [6.07, 6.45) is 7.32. The van der Waals surface area contributed by atoms with Gasteiger partial charge in [-0.15, -0.1) is 0 Å². The van der Waals surface area contributed by atoms with Crippen molar-refractivity contribution in [3.05, 3.63) is 51.7 Å². The second kappa shape index (κ2) is 6.01. The maximum absolute atomic E-state index is 12.3. The average Bonchev–Trinajstić information content (AvgIpc) is 2.54. The number of hydrogen-bond donors (Lipinski definition) is 2. The smallest absolute Gasteiger partial charge is 0.265 e. The van der Waals surface area contributed by atoms with E-state index in [1.165, 1.54) is 13.3 Å². The molecule has 114 valence electrons. The number of fused-ring (bicyclic) bond motifs is 1. The summed E-state index contributed by atoms with van der Waals surface area (Å²) in [4.78, 5) is 31.1. The lowest BCUT2D eigenvalue weighted by Crippen LogP contribution is -2.24. The number of anilines is 1. The molecule has 0 fully saturated rings. The number of nitrogens with one attached hydrogen (secondary N) is 2. The number of ether oxygens (including phenoxy) is 1. The van der Waals surface area contributed by atoms with E-state index in [4.69, 9.17) is 4.74 Å². The van der Waals surface area contributed by atoms with E-state index in [2.05, 4.69) is 15.3 Å². The van der Waals surface area contributed by atoms with Crippen LogP contribution in [-0.2, 0) is 12.8 Å². The third-order valence-corrected chi connectivity index (χ3v) is 3.80. The predicted octanol–water partition coefficient (Wildman–Crippen LogP) is 1.91. The van der Waals surface area contributed by atoms with Gasteiger partial charge < -0.3 is 15.0 Å². The Morgan fingerprint density at radius 1 is 1.36 bits per heavy atom. The molecular weight excluding hydrogens is 282 g/mol. The van der Waals surface area contributed by atoms with Gasteiger partial charge in [0.2, 0.25) is 0 Å². The van der Waals surface area contributed by atoms with Crippen molar-refractivity contribution < 1.29 is 9.53 Å². The van der Waals surface area contributed by atoms with Crippen molar-refractivity contribution in [2.45, 2.75) is 25.7 Å². The quantitative estimate of drug-likeness (QED) is 0.906. The minimum atomic E-state index is -0.503. The Bertz CT molecular complexity index is 767. The first-order valence-electron chi connectivity index (χ1n) is 7.24. The summed E-state index contributed by atoms with van der Waals surface area (Å²) in [5.74, 6) is -0.261. The number of rotatable bonds is 3. The fourth-order valence-corrected chi connectivity index (χ4v) is 2.70. The van der Waals surface area contributed by atoms with Crippen LogP contribution in [-0.4, -0.2) is 23.0 Å².